The van der Waals surface area contributed by atoms with E-state index < -0.39 is 0 Å². The van der Waals surface area contributed by atoms with Gasteiger partial charge in [0.05, 0.1) is 29.7 Å². The molecule has 6 rings (SSSR count). The van der Waals surface area contributed by atoms with E-state index in [1.807, 2.05) is 72.0 Å². The Kier molecular flexibility index (Phi) is 6.31. The molecule has 39 heavy (non-hydrogen) atoms. The maximum atomic E-state index is 14.1. The summed E-state index contributed by atoms with van der Waals surface area (Å²) in [7, 11) is 0. The van der Waals surface area contributed by atoms with Gasteiger partial charge >= 0.3 is 6.03 Å². The van der Waals surface area contributed by atoms with Gasteiger partial charge in [-0.15, -0.1) is 0 Å². The number of fused-ring (bicyclic) bond motifs is 3. The molecule has 0 radical (unpaired) electrons. The smallest absolute Gasteiger partial charge is 0.308 e. The summed E-state index contributed by atoms with van der Waals surface area (Å²) < 4.78 is 4.19. The van der Waals surface area contributed by atoms with Crippen molar-refractivity contribution in [1.82, 2.24) is 19.2 Å². The SMILES string of the molecule is Cc1ccc(NC(=O)N2Cc3c(C)nn(-c4ccccc4)c3-n3cccc3C2c2ccc(C(C)C)cc2)cc1. The van der Waals surface area contributed by atoms with Crippen LogP contribution in [-0.2, 0) is 6.54 Å². The highest BCUT2D eigenvalue weighted by Gasteiger charge is 2.36. The second-order valence-electron chi connectivity index (χ2n) is 10.6. The Hall–Kier alpha value is -4.58. The molecule has 0 aliphatic carbocycles. The zero-order chi connectivity index (χ0) is 27.1. The van der Waals surface area contributed by atoms with Crippen molar-refractivity contribution < 1.29 is 4.79 Å². The first kappa shape index (κ1) is 24.7. The molecule has 196 valence electrons. The average molecular weight is 516 g/mol. The highest BCUT2D eigenvalue weighted by Crippen LogP contribution is 2.39. The lowest BCUT2D eigenvalue weighted by molar-refractivity contribution is 0.194. The number of hydrogen-bond acceptors (Lipinski definition) is 2. The predicted octanol–water partition coefficient (Wildman–Crippen LogP) is 7.54. The van der Waals surface area contributed by atoms with E-state index in [1.165, 1.54) is 5.56 Å². The number of anilines is 1. The molecule has 0 bridgehead atoms. The lowest BCUT2D eigenvalue weighted by Gasteiger charge is -2.31. The van der Waals surface area contributed by atoms with Crippen molar-refractivity contribution in [2.24, 2.45) is 0 Å². The van der Waals surface area contributed by atoms with Crippen LogP contribution in [0, 0.1) is 13.8 Å². The fourth-order valence-electron chi connectivity index (χ4n) is 5.40. The number of hydrogen-bond donors (Lipinski definition) is 1. The number of rotatable bonds is 4. The molecule has 3 heterocycles. The van der Waals surface area contributed by atoms with Crippen molar-refractivity contribution in [2.75, 3.05) is 5.32 Å². The van der Waals surface area contributed by atoms with Gasteiger partial charge in [0, 0.05) is 17.4 Å². The first-order valence-corrected chi connectivity index (χ1v) is 13.5. The van der Waals surface area contributed by atoms with Gasteiger partial charge in [-0.2, -0.15) is 5.10 Å². The Bertz CT molecular complexity index is 1610. The van der Waals surface area contributed by atoms with Crippen LogP contribution in [-0.4, -0.2) is 25.3 Å². The molecule has 2 aromatic heterocycles. The van der Waals surface area contributed by atoms with Crippen molar-refractivity contribution in [3.8, 4) is 11.5 Å². The third-order valence-corrected chi connectivity index (χ3v) is 7.57. The Morgan fingerprint density at radius 2 is 1.62 bits per heavy atom. The van der Waals surface area contributed by atoms with Crippen LogP contribution in [0.25, 0.3) is 11.5 Å². The number of benzene rings is 3. The maximum absolute atomic E-state index is 14.1. The second-order valence-corrected chi connectivity index (χ2v) is 10.6. The third-order valence-electron chi connectivity index (χ3n) is 7.57. The molecule has 0 spiro atoms. The van der Waals surface area contributed by atoms with Crippen molar-refractivity contribution in [1.29, 1.82) is 0 Å². The van der Waals surface area contributed by atoms with Gasteiger partial charge in [-0.25, -0.2) is 9.48 Å². The van der Waals surface area contributed by atoms with Crippen LogP contribution >= 0.6 is 0 Å². The van der Waals surface area contributed by atoms with Gasteiger partial charge in [0.2, 0.25) is 0 Å². The normalized spacial score (nSPS) is 14.6. The van der Waals surface area contributed by atoms with Gasteiger partial charge in [0.15, 0.2) is 0 Å². The molecule has 0 saturated carbocycles. The second kappa shape index (κ2) is 9.95. The van der Waals surface area contributed by atoms with Gasteiger partial charge < -0.3 is 14.8 Å². The number of urea groups is 1. The van der Waals surface area contributed by atoms with Crippen LogP contribution in [0.2, 0.25) is 0 Å². The van der Waals surface area contributed by atoms with Crippen LogP contribution in [0.5, 0.6) is 0 Å². The number of nitrogens with zero attached hydrogens (tertiary/aromatic N) is 4. The summed E-state index contributed by atoms with van der Waals surface area (Å²) in [6.07, 6.45) is 2.07. The average Bonchev–Trinajstić information content (AvgIpc) is 3.51. The Morgan fingerprint density at radius 1 is 0.897 bits per heavy atom. The van der Waals surface area contributed by atoms with Crippen LogP contribution in [0.1, 0.15) is 59.4 Å². The molecule has 1 unspecified atom stereocenters. The molecule has 1 aliphatic rings. The minimum Gasteiger partial charge on any atom is -0.308 e. The van der Waals surface area contributed by atoms with E-state index in [0.29, 0.717) is 12.5 Å². The number of aromatic nitrogens is 3. The predicted molar refractivity (Wildman–Crippen MR) is 156 cm³/mol. The molecule has 0 saturated heterocycles. The fraction of sp³-hybridized carbons (Fsp3) is 0.212. The molecule has 1 aliphatic heterocycles. The molecule has 1 atom stereocenters. The van der Waals surface area contributed by atoms with E-state index in [2.05, 4.69) is 72.4 Å². The Labute approximate surface area is 229 Å². The zero-order valence-electron chi connectivity index (χ0n) is 22.8. The summed E-state index contributed by atoms with van der Waals surface area (Å²) in [6.45, 7) is 8.88. The van der Waals surface area contributed by atoms with E-state index in [1.54, 1.807) is 0 Å². The topological polar surface area (TPSA) is 55.1 Å². The highest BCUT2D eigenvalue weighted by molar-refractivity contribution is 5.90. The first-order chi connectivity index (χ1) is 18.9. The summed E-state index contributed by atoms with van der Waals surface area (Å²) in [6, 6.07) is 30.5. The molecular formula is C33H33N5O. The van der Waals surface area contributed by atoms with E-state index in [0.717, 1.165) is 45.3 Å². The number of para-hydroxylation sites is 1. The van der Waals surface area contributed by atoms with Crippen molar-refractivity contribution in [3.63, 3.8) is 0 Å². The lowest BCUT2D eigenvalue weighted by atomic mass is 9.97. The highest BCUT2D eigenvalue weighted by atomic mass is 16.2. The minimum absolute atomic E-state index is 0.149. The minimum atomic E-state index is -0.289. The van der Waals surface area contributed by atoms with Gasteiger partial charge in [0.25, 0.3) is 0 Å². The summed E-state index contributed by atoms with van der Waals surface area (Å²) in [5, 5.41) is 8.09. The van der Waals surface area contributed by atoms with E-state index in [9.17, 15) is 4.79 Å². The van der Waals surface area contributed by atoms with E-state index in [4.69, 9.17) is 5.10 Å². The fourth-order valence-corrected chi connectivity index (χ4v) is 5.40. The maximum Gasteiger partial charge on any atom is 0.322 e. The standard InChI is InChI=1S/C33H33N5O/c1-22(2)25-14-16-26(17-15-25)31-30-11-8-20-36(30)32-29(24(4)35-38(32)28-9-6-5-7-10-28)21-37(31)33(39)34-27-18-12-23(3)13-19-27/h5-20,22,31H,21H2,1-4H3,(H,34,39). The number of aryl methyl sites for hydroxylation is 2. The number of amides is 2. The molecular weight excluding hydrogens is 482 g/mol. The molecule has 0 fully saturated rings. The third kappa shape index (κ3) is 4.52. The summed E-state index contributed by atoms with van der Waals surface area (Å²) in [5.74, 6) is 1.40. The molecule has 2 amide bonds. The molecule has 1 N–H and O–H groups in total. The number of nitrogens with one attached hydrogen (secondary N) is 1. The van der Waals surface area contributed by atoms with E-state index >= 15 is 0 Å². The van der Waals surface area contributed by atoms with Crippen molar-refractivity contribution in [3.05, 3.63) is 131 Å². The number of carbonyl (C=O) groups excluding carboxylic acids is 1. The Morgan fingerprint density at radius 3 is 2.31 bits per heavy atom. The summed E-state index contributed by atoms with van der Waals surface area (Å²) in [5.41, 5.74) is 8.19. The van der Waals surface area contributed by atoms with Crippen molar-refractivity contribution >= 4 is 11.7 Å². The van der Waals surface area contributed by atoms with Gasteiger partial charge in [-0.05, 0) is 67.3 Å². The van der Waals surface area contributed by atoms with E-state index in [-0.39, 0.29) is 12.1 Å². The largest absolute Gasteiger partial charge is 0.322 e. The zero-order valence-corrected chi connectivity index (χ0v) is 22.8. The van der Waals surface area contributed by atoms with Crippen LogP contribution in [0.4, 0.5) is 10.5 Å². The molecule has 5 aromatic rings. The quantitative estimate of drug-likeness (QED) is 0.269. The number of carbonyl (C=O) groups is 1. The van der Waals surface area contributed by atoms with Gasteiger partial charge in [-0.1, -0.05) is 74.0 Å². The van der Waals surface area contributed by atoms with Crippen LogP contribution in [0.15, 0.2) is 97.2 Å². The monoisotopic (exact) mass is 515 g/mol. The molecule has 6 nitrogen and oxygen atoms in total. The van der Waals surface area contributed by atoms with Gasteiger partial charge in [0.1, 0.15) is 5.82 Å². The van der Waals surface area contributed by atoms with Crippen molar-refractivity contribution in [2.45, 2.75) is 46.2 Å². The summed E-state index contributed by atoms with van der Waals surface area (Å²) >= 11 is 0. The summed E-state index contributed by atoms with van der Waals surface area (Å²) in [4.78, 5) is 16.0. The van der Waals surface area contributed by atoms with Gasteiger partial charge in [-0.3, -0.25) is 0 Å². The lowest BCUT2D eigenvalue weighted by Crippen LogP contribution is -2.38. The van der Waals surface area contributed by atoms with Crippen LogP contribution < -0.4 is 5.32 Å². The van der Waals surface area contributed by atoms with Crippen LogP contribution in [0.3, 0.4) is 0 Å². The first-order valence-electron chi connectivity index (χ1n) is 13.5. The Balaban J connectivity index is 1.52. The molecule has 3 aromatic carbocycles. The molecule has 6 heteroatoms.